The van der Waals surface area contributed by atoms with Crippen LogP contribution in [0.4, 0.5) is 0 Å². The van der Waals surface area contributed by atoms with Crippen LogP contribution in [0, 0.1) is 13.8 Å². The fourth-order valence-corrected chi connectivity index (χ4v) is 2.42. The molecule has 1 aliphatic rings. The molecule has 1 fully saturated rings. The van der Waals surface area contributed by atoms with Crippen LogP contribution in [0.1, 0.15) is 42.4 Å². The SMILES string of the molecule is Cc1cc(C2(N)CCCC2)cc(O)c1C. The summed E-state index contributed by atoms with van der Waals surface area (Å²) in [5.41, 5.74) is 9.34. The minimum atomic E-state index is -0.198. The highest BCUT2D eigenvalue weighted by Crippen LogP contribution is 2.38. The molecule has 0 spiro atoms. The Morgan fingerprint density at radius 3 is 2.33 bits per heavy atom. The maximum absolute atomic E-state index is 9.80. The van der Waals surface area contributed by atoms with Gasteiger partial charge in [0.15, 0.2) is 0 Å². The van der Waals surface area contributed by atoms with Gasteiger partial charge >= 0.3 is 0 Å². The van der Waals surface area contributed by atoms with E-state index in [1.807, 2.05) is 19.9 Å². The van der Waals surface area contributed by atoms with Gasteiger partial charge in [0, 0.05) is 5.54 Å². The van der Waals surface area contributed by atoms with Gasteiger partial charge in [-0.2, -0.15) is 0 Å². The van der Waals surface area contributed by atoms with Gasteiger partial charge in [0.25, 0.3) is 0 Å². The Labute approximate surface area is 91.1 Å². The largest absolute Gasteiger partial charge is 0.508 e. The van der Waals surface area contributed by atoms with Gasteiger partial charge < -0.3 is 10.8 Å². The topological polar surface area (TPSA) is 46.2 Å². The maximum atomic E-state index is 9.80. The highest BCUT2D eigenvalue weighted by Gasteiger charge is 2.31. The molecule has 1 aromatic carbocycles. The lowest BCUT2D eigenvalue weighted by Crippen LogP contribution is -2.33. The molecule has 1 saturated carbocycles. The Balaban J connectivity index is 2.45. The summed E-state index contributed by atoms with van der Waals surface area (Å²) < 4.78 is 0. The highest BCUT2D eigenvalue weighted by molar-refractivity contribution is 5.44. The van der Waals surface area contributed by atoms with Crippen LogP contribution in [0.2, 0.25) is 0 Å². The summed E-state index contributed by atoms with van der Waals surface area (Å²) in [6.45, 7) is 3.96. The molecule has 2 heteroatoms. The zero-order valence-corrected chi connectivity index (χ0v) is 9.51. The second kappa shape index (κ2) is 3.53. The standard InChI is InChI=1S/C13H19NO/c1-9-7-11(8-12(15)10(9)2)13(14)5-3-4-6-13/h7-8,15H,3-6,14H2,1-2H3. The van der Waals surface area contributed by atoms with E-state index in [1.165, 1.54) is 12.8 Å². The number of aryl methyl sites for hydroxylation is 1. The van der Waals surface area contributed by atoms with E-state index in [4.69, 9.17) is 5.73 Å². The second-order valence-corrected chi connectivity index (χ2v) is 4.80. The molecule has 1 aromatic rings. The van der Waals surface area contributed by atoms with Crippen molar-refractivity contribution in [2.24, 2.45) is 5.73 Å². The molecule has 0 aliphatic heterocycles. The summed E-state index contributed by atoms with van der Waals surface area (Å²) >= 11 is 0. The van der Waals surface area contributed by atoms with Crippen LogP contribution in [-0.4, -0.2) is 5.11 Å². The minimum Gasteiger partial charge on any atom is -0.508 e. The lowest BCUT2D eigenvalue weighted by atomic mass is 9.87. The van der Waals surface area contributed by atoms with Crippen molar-refractivity contribution in [2.45, 2.75) is 45.1 Å². The van der Waals surface area contributed by atoms with Gasteiger partial charge in [-0.05, 0) is 49.4 Å². The molecule has 0 bridgehead atoms. The number of benzene rings is 1. The van der Waals surface area contributed by atoms with Gasteiger partial charge in [-0.3, -0.25) is 0 Å². The van der Waals surface area contributed by atoms with E-state index in [0.717, 1.165) is 29.5 Å². The van der Waals surface area contributed by atoms with Crippen molar-refractivity contribution in [1.29, 1.82) is 0 Å². The summed E-state index contributed by atoms with van der Waals surface area (Å²) in [6, 6.07) is 3.97. The maximum Gasteiger partial charge on any atom is 0.119 e. The van der Waals surface area contributed by atoms with Gasteiger partial charge in [0.2, 0.25) is 0 Å². The predicted molar refractivity (Wildman–Crippen MR) is 61.9 cm³/mol. The molecule has 2 rings (SSSR count). The van der Waals surface area contributed by atoms with Gasteiger partial charge in [0.05, 0.1) is 0 Å². The molecule has 2 nitrogen and oxygen atoms in total. The average molecular weight is 205 g/mol. The molecule has 0 heterocycles. The Bertz CT molecular complexity index is 355. The van der Waals surface area contributed by atoms with E-state index >= 15 is 0 Å². The normalized spacial score (nSPS) is 19.4. The Morgan fingerprint density at radius 1 is 1.20 bits per heavy atom. The molecule has 0 aromatic heterocycles. The third-order valence-electron chi connectivity index (χ3n) is 3.71. The minimum absolute atomic E-state index is 0.198. The van der Waals surface area contributed by atoms with E-state index in [9.17, 15) is 5.11 Å². The number of nitrogens with two attached hydrogens (primary N) is 1. The highest BCUT2D eigenvalue weighted by atomic mass is 16.3. The smallest absolute Gasteiger partial charge is 0.119 e. The third-order valence-corrected chi connectivity index (χ3v) is 3.71. The van der Waals surface area contributed by atoms with E-state index < -0.39 is 0 Å². The van der Waals surface area contributed by atoms with Gasteiger partial charge in [-0.1, -0.05) is 18.9 Å². The van der Waals surface area contributed by atoms with Crippen molar-refractivity contribution < 1.29 is 5.11 Å². The Morgan fingerprint density at radius 2 is 1.80 bits per heavy atom. The van der Waals surface area contributed by atoms with Crippen molar-refractivity contribution in [3.63, 3.8) is 0 Å². The molecule has 0 atom stereocenters. The van der Waals surface area contributed by atoms with Gasteiger partial charge in [0.1, 0.15) is 5.75 Å². The van der Waals surface area contributed by atoms with Crippen molar-refractivity contribution in [3.8, 4) is 5.75 Å². The molecular weight excluding hydrogens is 186 g/mol. The van der Waals surface area contributed by atoms with Gasteiger partial charge in [-0.25, -0.2) is 0 Å². The summed E-state index contributed by atoms with van der Waals surface area (Å²) in [5, 5.41) is 9.80. The summed E-state index contributed by atoms with van der Waals surface area (Å²) in [5.74, 6) is 0.377. The molecule has 15 heavy (non-hydrogen) atoms. The molecule has 0 amide bonds. The first-order valence-corrected chi connectivity index (χ1v) is 5.62. The molecule has 82 valence electrons. The molecule has 1 aliphatic carbocycles. The van der Waals surface area contributed by atoms with Crippen molar-refractivity contribution in [1.82, 2.24) is 0 Å². The third kappa shape index (κ3) is 1.74. The van der Waals surface area contributed by atoms with Crippen molar-refractivity contribution in [3.05, 3.63) is 28.8 Å². The monoisotopic (exact) mass is 205 g/mol. The molecule has 3 N–H and O–H groups in total. The van der Waals surface area contributed by atoms with E-state index in [-0.39, 0.29) is 5.54 Å². The predicted octanol–water partition coefficient (Wildman–Crippen LogP) is 2.74. The van der Waals surface area contributed by atoms with E-state index in [1.54, 1.807) is 0 Å². The summed E-state index contributed by atoms with van der Waals surface area (Å²) in [7, 11) is 0. The lowest BCUT2D eigenvalue weighted by Gasteiger charge is -2.25. The number of hydrogen-bond acceptors (Lipinski definition) is 2. The van der Waals surface area contributed by atoms with E-state index in [0.29, 0.717) is 5.75 Å². The zero-order chi connectivity index (χ0) is 11.1. The van der Waals surface area contributed by atoms with Crippen LogP contribution in [0.15, 0.2) is 12.1 Å². The van der Waals surface area contributed by atoms with E-state index in [2.05, 4.69) is 6.07 Å². The van der Waals surface area contributed by atoms with Crippen LogP contribution >= 0.6 is 0 Å². The number of phenolic OH excluding ortho intramolecular Hbond substituents is 1. The number of rotatable bonds is 1. The quantitative estimate of drug-likeness (QED) is 0.740. The average Bonchev–Trinajstić information content (AvgIpc) is 2.62. The first-order valence-electron chi connectivity index (χ1n) is 5.62. The van der Waals surface area contributed by atoms with Crippen LogP contribution in [0.25, 0.3) is 0 Å². The van der Waals surface area contributed by atoms with Crippen LogP contribution in [0.3, 0.4) is 0 Å². The number of hydrogen-bond donors (Lipinski definition) is 2. The zero-order valence-electron chi connectivity index (χ0n) is 9.51. The Hall–Kier alpha value is -1.02. The Kier molecular flexibility index (Phi) is 2.47. The lowest BCUT2D eigenvalue weighted by molar-refractivity contribution is 0.444. The fraction of sp³-hybridized carbons (Fsp3) is 0.538. The molecule has 0 unspecified atom stereocenters. The van der Waals surface area contributed by atoms with Gasteiger partial charge in [-0.15, -0.1) is 0 Å². The second-order valence-electron chi connectivity index (χ2n) is 4.80. The summed E-state index contributed by atoms with van der Waals surface area (Å²) in [4.78, 5) is 0. The fourth-order valence-electron chi connectivity index (χ4n) is 2.42. The molecule has 0 radical (unpaired) electrons. The van der Waals surface area contributed by atoms with Crippen LogP contribution in [0.5, 0.6) is 5.75 Å². The first-order chi connectivity index (χ1) is 7.03. The molecular formula is C13H19NO. The summed E-state index contributed by atoms with van der Waals surface area (Å²) in [6.07, 6.45) is 4.47. The van der Waals surface area contributed by atoms with Crippen molar-refractivity contribution in [2.75, 3.05) is 0 Å². The van der Waals surface area contributed by atoms with Crippen molar-refractivity contribution >= 4 is 0 Å². The van der Waals surface area contributed by atoms with Crippen LogP contribution < -0.4 is 5.73 Å². The molecule has 0 saturated heterocycles. The van der Waals surface area contributed by atoms with Crippen LogP contribution in [-0.2, 0) is 5.54 Å². The number of aromatic hydroxyl groups is 1. The number of phenols is 1. The first kappa shape index (κ1) is 10.5.